The number of nitrogens with one attached hydrogen (secondary N) is 2. The van der Waals surface area contributed by atoms with Gasteiger partial charge in [0, 0.05) is 22.6 Å². The molecule has 1 aromatic heterocycles. The number of H-pyrrole nitrogens is 1. The first-order valence-corrected chi connectivity index (χ1v) is 8.92. The second kappa shape index (κ2) is 8.33. The fraction of sp³-hybridized carbons (Fsp3) is 0.222. The van der Waals surface area contributed by atoms with Crippen LogP contribution in [-0.2, 0) is 19.6 Å². The van der Waals surface area contributed by atoms with Crippen LogP contribution in [0.3, 0.4) is 0 Å². The Labute approximate surface area is 160 Å². The summed E-state index contributed by atoms with van der Waals surface area (Å²) in [6.07, 6.45) is 0.728. The summed E-state index contributed by atoms with van der Waals surface area (Å²) in [6.45, 7) is 2.55. The number of rotatable bonds is 7. The number of hydrogen-bond acceptors (Lipinski definition) is 4. The Bertz CT molecular complexity index is 956. The fourth-order valence-electron chi connectivity index (χ4n) is 2.49. The van der Waals surface area contributed by atoms with Gasteiger partial charge in [0.05, 0.1) is 6.54 Å². The molecule has 3 rings (SSSR count). The number of aromatic amines is 1. The van der Waals surface area contributed by atoms with Gasteiger partial charge in [-0.25, -0.2) is 9.07 Å². The van der Waals surface area contributed by atoms with E-state index in [0.717, 1.165) is 17.8 Å². The van der Waals surface area contributed by atoms with Crippen LogP contribution in [0, 0.1) is 10.6 Å². The van der Waals surface area contributed by atoms with Gasteiger partial charge in [-0.1, -0.05) is 36.7 Å². The number of benzene rings is 2. The molecule has 0 aliphatic carbocycles. The van der Waals surface area contributed by atoms with Gasteiger partial charge in [0.15, 0.2) is 5.82 Å². The Morgan fingerprint density at radius 3 is 2.85 bits per heavy atom. The average Bonchev–Trinajstić information content (AvgIpc) is 3.00. The third kappa shape index (κ3) is 4.23. The van der Waals surface area contributed by atoms with E-state index in [-0.39, 0.29) is 12.4 Å². The summed E-state index contributed by atoms with van der Waals surface area (Å²) in [4.78, 5) is 0. The summed E-state index contributed by atoms with van der Waals surface area (Å²) in [7, 11) is 0. The summed E-state index contributed by atoms with van der Waals surface area (Å²) < 4.78 is 21.8. The van der Waals surface area contributed by atoms with Crippen molar-refractivity contribution in [3.8, 4) is 5.75 Å². The van der Waals surface area contributed by atoms with Gasteiger partial charge < -0.3 is 10.2 Å². The monoisotopic (exact) mass is 392 g/mol. The van der Waals surface area contributed by atoms with Crippen LogP contribution in [0.5, 0.6) is 5.75 Å². The van der Waals surface area contributed by atoms with Crippen LogP contribution in [0.1, 0.15) is 23.9 Å². The number of ether oxygens (including phenoxy) is 1. The molecule has 0 unspecified atom stereocenters. The summed E-state index contributed by atoms with van der Waals surface area (Å²) in [5.41, 5.74) is 4.54. The number of halogens is 2. The van der Waals surface area contributed by atoms with Gasteiger partial charge in [-0.05, 0) is 36.5 Å². The first kappa shape index (κ1) is 18.4. The van der Waals surface area contributed by atoms with E-state index in [4.69, 9.17) is 28.6 Å². The molecule has 1 heterocycles. The number of aryl methyl sites for hydroxylation is 1. The molecular formula is C18H18ClFN4OS. The molecular weight excluding hydrogens is 375 g/mol. The maximum absolute atomic E-state index is 13.8. The molecule has 0 aliphatic heterocycles. The van der Waals surface area contributed by atoms with Gasteiger partial charge in [-0.15, -0.1) is 0 Å². The number of aromatic nitrogens is 3. The maximum Gasteiger partial charge on any atom is 0.214 e. The molecule has 0 bridgehead atoms. The van der Waals surface area contributed by atoms with Crippen LogP contribution in [0.4, 0.5) is 4.39 Å². The van der Waals surface area contributed by atoms with E-state index in [1.165, 1.54) is 6.07 Å². The Balaban J connectivity index is 1.76. The van der Waals surface area contributed by atoms with Gasteiger partial charge in [0.1, 0.15) is 18.2 Å². The first-order chi connectivity index (χ1) is 12.6. The Morgan fingerprint density at radius 1 is 1.27 bits per heavy atom. The third-order valence-corrected chi connectivity index (χ3v) is 4.36. The second-order valence-corrected chi connectivity index (χ2v) is 6.42. The molecule has 8 heteroatoms. The SMILES string of the molecule is CCc1n[nH]c(=S)n1NCc1cc(Cl)ccc1OCc1ccccc1F. The van der Waals surface area contributed by atoms with Crippen molar-refractivity contribution in [1.29, 1.82) is 0 Å². The Kier molecular flexibility index (Phi) is 5.90. The third-order valence-electron chi connectivity index (χ3n) is 3.85. The Hall–Kier alpha value is -2.38. The maximum atomic E-state index is 13.8. The van der Waals surface area contributed by atoms with E-state index < -0.39 is 0 Å². The van der Waals surface area contributed by atoms with Crippen LogP contribution in [-0.4, -0.2) is 14.9 Å². The zero-order valence-corrected chi connectivity index (χ0v) is 15.7. The lowest BCUT2D eigenvalue weighted by Crippen LogP contribution is -2.18. The van der Waals surface area contributed by atoms with Gasteiger partial charge in [-0.3, -0.25) is 5.10 Å². The molecule has 136 valence electrons. The molecule has 0 saturated carbocycles. The van der Waals surface area contributed by atoms with Crippen molar-refractivity contribution in [2.75, 3.05) is 5.43 Å². The normalized spacial score (nSPS) is 10.7. The topological polar surface area (TPSA) is 54.9 Å². The van der Waals surface area contributed by atoms with Crippen LogP contribution >= 0.6 is 23.8 Å². The lowest BCUT2D eigenvalue weighted by Gasteiger charge is -2.14. The zero-order chi connectivity index (χ0) is 18.5. The standard InChI is InChI=1S/C18H18ClFN4OS/c1-2-17-22-23-18(26)24(17)21-10-13-9-14(19)7-8-16(13)25-11-12-5-3-4-6-15(12)20/h3-9,21H,2,10-11H2,1H3,(H,23,26). The van der Waals surface area contributed by atoms with E-state index in [9.17, 15) is 4.39 Å². The molecule has 0 spiro atoms. The lowest BCUT2D eigenvalue weighted by atomic mass is 10.2. The smallest absolute Gasteiger partial charge is 0.214 e. The van der Waals surface area contributed by atoms with Crippen molar-refractivity contribution in [3.05, 3.63) is 75.0 Å². The van der Waals surface area contributed by atoms with Gasteiger partial charge >= 0.3 is 0 Å². The van der Waals surface area contributed by atoms with Crippen LogP contribution in [0.2, 0.25) is 5.02 Å². The van der Waals surface area contributed by atoms with Crippen LogP contribution in [0.15, 0.2) is 42.5 Å². The molecule has 26 heavy (non-hydrogen) atoms. The van der Waals surface area contributed by atoms with Gasteiger partial charge in [0.2, 0.25) is 4.77 Å². The molecule has 0 fully saturated rings. The fourth-order valence-corrected chi connectivity index (χ4v) is 2.90. The minimum Gasteiger partial charge on any atom is -0.488 e. The minimum atomic E-state index is -0.293. The predicted octanol–water partition coefficient (Wildman–Crippen LogP) is 4.62. The van der Waals surface area contributed by atoms with E-state index >= 15 is 0 Å². The number of hydrogen-bond donors (Lipinski definition) is 2. The highest BCUT2D eigenvalue weighted by Crippen LogP contribution is 2.24. The number of nitrogens with zero attached hydrogens (tertiary/aromatic N) is 2. The predicted molar refractivity (Wildman–Crippen MR) is 102 cm³/mol. The average molecular weight is 393 g/mol. The van der Waals surface area contributed by atoms with Crippen LogP contribution < -0.4 is 10.2 Å². The molecule has 5 nitrogen and oxygen atoms in total. The van der Waals surface area contributed by atoms with E-state index in [1.807, 2.05) is 6.92 Å². The van der Waals surface area contributed by atoms with Gasteiger partial charge in [0.25, 0.3) is 0 Å². The van der Waals surface area contributed by atoms with Crippen molar-refractivity contribution in [2.24, 2.45) is 0 Å². The molecule has 0 radical (unpaired) electrons. The van der Waals surface area contributed by atoms with Gasteiger partial charge in [-0.2, -0.15) is 5.10 Å². The zero-order valence-electron chi connectivity index (χ0n) is 14.1. The summed E-state index contributed by atoms with van der Waals surface area (Å²) >= 11 is 11.3. The van der Waals surface area contributed by atoms with Crippen molar-refractivity contribution >= 4 is 23.8 Å². The van der Waals surface area contributed by atoms with E-state index in [0.29, 0.717) is 27.7 Å². The molecule has 3 aromatic rings. The molecule has 0 atom stereocenters. The molecule has 0 aliphatic rings. The quantitative estimate of drug-likeness (QED) is 0.576. The van der Waals surface area contributed by atoms with Crippen molar-refractivity contribution < 1.29 is 9.13 Å². The molecule has 2 aromatic carbocycles. The highest BCUT2D eigenvalue weighted by atomic mass is 35.5. The summed E-state index contributed by atoms with van der Waals surface area (Å²) in [6, 6.07) is 11.9. The molecule has 0 saturated heterocycles. The van der Waals surface area contributed by atoms with E-state index in [2.05, 4.69) is 15.6 Å². The Morgan fingerprint density at radius 2 is 2.08 bits per heavy atom. The van der Waals surface area contributed by atoms with Crippen LogP contribution in [0.25, 0.3) is 0 Å². The van der Waals surface area contributed by atoms with Crippen molar-refractivity contribution in [3.63, 3.8) is 0 Å². The highest BCUT2D eigenvalue weighted by Gasteiger charge is 2.09. The first-order valence-electron chi connectivity index (χ1n) is 8.13. The highest BCUT2D eigenvalue weighted by molar-refractivity contribution is 7.71. The molecule has 2 N–H and O–H groups in total. The minimum absolute atomic E-state index is 0.132. The summed E-state index contributed by atoms with van der Waals surface area (Å²) in [5.74, 6) is 1.13. The molecule has 0 amide bonds. The second-order valence-electron chi connectivity index (χ2n) is 5.60. The van der Waals surface area contributed by atoms with Crippen molar-refractivity contribution in [2.45, 2.75) is 26.5 Å². The van der Waals surface area contributed by atoms with E-state index in [1.54, 1.807) is 41.1 Å². The van der Waals surface area contributed by atoms with Crippen molar-refractivity contribution in [1.82, 2.24) is 14.9 Å². The lowest BCUT2D eigenvalue weighted by molar-refractivity contribution is 0.297. The summed E-state index contributed by atoms with van der Waals surface area (Å²) in [5, 5.41) is 7.50. The largest absolute Gasteiger partial charge is 0.488 e.